The van der Waals surface area contributed by atoms with Crippen LogP contribution in [0.25, 0.3) is 0 Å². The largest absolute Gasteiger partial charge is 0.480 e. The maximum Gasteiger partial charge on any atom is 0.325 e. The van der Waals surface area contributed by atoms with Gasteiger partial charge in [0, 0.05) is 12.7 Å². The van der Waals surface area contributed by atoms with Gasteiger partial charge in [-0.15, -0.1) is 0 Å². The molecule has 1 atom stereocenters. The molecule has 1 fully saturated rings. The highest BCUT2D eigenvalue weighted by atomic mass is 32.2. The lowest BCUT2D eigenvalue weighted by Crippen LogP contribution is -2.50. The van der Waals surface area contributed by atoms with Crippen molar-refractivity contribution in [3.63, 3.8) is 0 Å². The van der Waals surface area contributed by atoms with Gasteiger partial charge in [-0.2, -0.15) is 9.82 Å². The molecule has 110 valence electrons. The zero-order chi connectivity index (χ0) is 14.8. The van der Waals surface area contributed by atoms with Gasteiger partial charge in [0.15, 0.2) is 0 Å². The van der Waals surface area contributed by atoms with Crippen LogP contribution in [-0.4, -0.2) is 47.8 Å². The molecule has 1 aliphatic heterocycles. The molecule has 10 heteroatoms. The van der Waals surface area contributed by atoms with Crippen LogP contribution in [-0.2, 0) is 26.2 Å². The Kier molecular flexibility index (Phi) is 4.04. The Morgan fingerprint density at radius 3 is 3.00 bits per heavy atom. The second-order valence-corrected chi connectivity index (χ2v) is 6.09. The van der Waals surface area contributed by atoms with Crippen LogP contribution in [0, 0.1) is 0 Å². The number of aliphatic carboxylic acids is 1. The topological polar surface area (TPSA) is 130 Å². The highest BCUT2D eigenvalue weighted by Crippen LogP contribution is 2.11. The third-order valence-electron chi connectivity index (χ3n) is 2.80. The van der Waals surface area contributed by atoms with Gasteiger partial charge in [0.2, 0.25) is 15.9 Å². The first-order chi connectivity index (χ1) is 9.38. The molecule has 9 nitrogen and oxygen atoms in total. The number of hydrogen-bond donors (Lipinski definition) is 3. The zero-order valence-corrected chi connectivity index (χ0v) is 11.3. The van der Waals surface area contributed by atoms with Crippen LogP contribution >= 0.6 is 0 Å². The van der Waals surface area contributed by atoms with E-state index in [4.69, 9.17) is 5.11 Å². The number of rotatable bonds is 5. The minimum atomic E-state index is -3.89. The van der Waals surface area contributed by atoms with Crippen molar-refractivity contribution in [1.29, 1.82) is 0 Å². The minimum Gasteiger partial charge on any atom is -0.480 e. The SMILES string of the molecule is O=C(O)Cn1cc(S(=O)(=O)NC2CCCNC2=O)cn1. The summed E-state index contributed by atoms with van der Waals surface area (Å²) in [4.78, 5) is 21.9. The number of carboxylic acids is 1. The maximum absolute atomic E-state index is 12.1. The van der Waals surface area contributed by atoms with Gasteiger partial charge in [-0.25, -0.2) is 8.42 Å². The van der Waals surface area contributed by atoms with Crippen molar-refractivity contribution >= 4 is 21.9 Å². The van der Waals surface area contributed by atoms with E-state index >= 15 is 0 Å². The predicted octanol–water partition coefficient (Wildman–Crippen LogP) is -1.48. The van der Waals surface area contributed by atoms with Gasteiger partial charge in [-0.3, -0.25) is 14.3 Å². The molecule has 1 aliphatic rings. The van der Waals surface area contributed by atoms with Crippen molar-refractivity contribution in [2.45, 2.75) is 30.3 Å². The fourth-order valence-corrected chi connectivity index (χ4v) is 3.03. The molecule has 1 saturated heterocycles. The number of hydrogen-bond acceptors (Lipinski definition) is 5. The summed E-state index contributed by atoms with van der Waals surface area (Å²) in [6.45, 7) is 0.104. The van der Waals surface area contributed by atoms with E-state index < -0.39 is 28.6 Å². The molecule has 0 radical (unpaired) electrons. The molecule has 1 amide bonds. The van der Waals surface area contributed by atoms with E-state index in [0.717, 1.165) is 17.1 Å². The fraction of sp³-hybridized carbons (Fsp3) is 0.500. The predicted molar refractivity (Wildman–Crippen MR) is 66.2 cm³/mol. The molecule has 0 bridgehead atoms. The number of nitrogens with zero attached hydrogens (tertiary/aromatic N) is 2. The molecule has 2 rings (SSSR count). The molecule has 1 aromatic rings. The average Bonchev–Trinajstić information content (AvgIpc) is 2.80. The lowest BCUT2D eigenvalue weighted by molar-refractivity contribution is -0.137. The van der Waals surface area contributed by atoms with Crippen molar-refractivity contribution in [1.82, 2.24) is 19.8 Å². The quantitative estimate of drug-likeness (QED) is 0.608. The number of carboxylic acid groups (broad SMARTS) is 1. The van der Waals surface area contributed by atoms with Crippen LogP contribution in [0.5, 0.6) is 0 Å². The van der Waals surface area contributed by atoms with E-state index in [1.807, 2.05) is 0 Å². The summed E-state index contributed by atoms with van der Waals surface area (Å²) in [5.41, 5.74) is 0. The molecule has 20 heavy (non-hydrogen) atoms. The highest BCUT2D eigenvalue weighted by molar-refractivity contribution is 7.89. The third-order valence-corrected chi connectivity index (χ3v) is 4.23. The Morgan fingerprint density at radius 1 is 1.60 bits per heavy atom. The second-order valence-electron chi connectivity index (χ2n) is 4.37. The van der Waals surface area contributed by atoms with E-state index in [1.165, 1.54) is 0 Å². The van der Waals surface area contributed by atoms with Gasteiger partial charge in [0.1, 0.15) is 17.5 Å². The summed E-state index contributed by atoms with van der Waals surface area (Å²) in [5, 5.41) is 14.8. The molecular weight excluding hydrogens is 288 g/mol. The van der Waals surface area contributed by atoms with Crippen LogP contribution in [0.15, 0.2) is 17.3 Å². The van der Waals surface area contributed by atoms with E-state index in [9.17, 15) is 18.0 Å². The van der Waals surface area contributed by atoms with Gasteiger partial charge in [0.05, 0.1) is 6.20 Å². The number of sulfonamides is 1. The first-order valence-corrected chi connectivity index (χ1v) is 7.41. The summed E-state index contributed by atoms with van der Waals surface area (Å²) in [6, 6.07) is -0.809. The van der Waals surface area contributed by atoms with Gasteiger partial charge >= 0.3 is 5.97 Å². The van der Waals surface area contributed by atoms with Crippen LogP contribution in [0.2, 0.25) is 0 Å². The molecule has 0 spiro atoms. The van der Waals surface area contributed by atoms with E-state index in [-0.39, 0.29) is 10.8 Å². The summed E-state index contributed by atoms with van der Waals surface area (Å²) < 4.78 is 27.4. The normalized spacial score (nSPS) is 19.6. The van der Waals surface area contributed by atoms with E-state index in [2.05, 4.69) is 15.1 Å². The lowest BCUT2D eigenvalue weighted by atomic mass is 10.1. The van der Waals surface area contributed by atoms with Crippen molar-refractivity contribution in [2.75, 3.05) is 6.54 Å². The number of carbonyl (C=O) groups is 2. The summed E-state index contributed by atoms with van der Waals surface area (Å²) >= 11 is 0. The number of nitrogens with one attached hydrogen (secondary N) is 2. The average molecular weight is 302 g/mol. The Morgan fingerprint density at radius 2 is 2.35 bits per heavy atom. The van der Waals surface area contributed by atoms with E-state index in [0.29, 0.717) is 19.4 Å². The van der Waals surface area contributed by atoms with Crippen molar-refractivity contribution in [3.8, 4) is 0 Å². The van der Waals surface area contributed by atoms with Gasteiger partial charge < -0.3 is 10.4 Å². The number of aromatic nitrogens is 2. The van der Waals surface area contributed by atoms with Crippen LogP contribution in [0.4, 0.5) is 0 Å². The molecule has 1 aromatic heterocycles. The minimum absolute atomic E-state index is 0.169. The first kappa shape index (κ1) is 14.5. The van der Waals surface area contributed by atoms with Crippen molar-refractivity contribution < 1.29 is 23.1 Å². The molecule has 0 aromatic carbocycles. The molecule has 0 saturated carbocycles. The summed E-state index contributed by atoms with van der Waals surface area (Å²) in [6.07, 6.45) is 3.27. The van der Waals surface area contributed by atoms with Gasteiger partial charge in [-0.05, 0) is 12.8 Å². The highest BCUT2D eigenvalue weighted by Gasteiger charge is 2.28. The van der Waals surface area contributed by atoms with Crippen LogP contribution < -0.4 is 10.0 Å². The van der Waals surface area contributed by atoms with Crippen LogP contribution in [0.3, 0.4) is 0 Å². The molecule has 3 N–H and O–H groups in total. The fourth-order valence-electron chi connectivity index (χ4n) is 1.85. The Balaban J connectivity index is 2.11. The van der Waals surface area contributed by atoms with Crippen molar-refractivity contribution in [3.05, 3.63) is 12.4 Å². The maximum atomic E-state index is 12.1. The molecule has 1 unspecified atom stereocenters. The molecular formula is C10H14N4O5S. The Hall–Kier alpha value is -1.94. The van der Waals surface area contributed by atoms with Crippen molar-refractivity contribution in [2.24, 2.45) is 0 Å². The molecule has 2 heterocycles. The van der Waals surface area contributed by atoms with E-state index in [1.54, 1.807) is 0 Å². The first-order valence-electron chi connectivity index (χ1n) is 5.93. The zero-order valence-electron chi connectivity index (χ0n) is 10.4. The third kappa shape index (κ3) is 3.33. The summed E-state index contributed by atoms with van der Waals surface area (Å²) in [7, 11) is -3.89. The van der Waals surface area contributed by atoms with Crippen LogP contribution in [0.1, 0.15) is 12.8 Å². The second kappa shape index (κ2) is 5.59. The number of amides is 1. The standard InChI is InChI=1S/C10H14N4O5S/c15-9(16)6-14-5-7(4-12-14)20(18,19)13-8-2-1-3-11-10(8)17/h4-5,8,13H,1-3,6H2,(H,11,17)(H,15,16). The van der Waals surface area contributed by atoms with Gasteiger partial charge in [-0.1, -0.05) is 0 Å². The Labute approximate surface area is 115 Å². The Bertz CT molecular complexity index is 623. The summed E-state index contributed by atoms with van der Waals surface area (Å²) in [5.74, 6) is -1.49. The van der Waals surface area contributed by atoms with Gasteiger partial charge in [0.25, 0.3) is 0 Å². The smallest absolute Gasteiger partial charge is 0.325 e. The lowest BCUT2D eigenvalue weighted by Gasteiger charge is -2.22. The monoisotopic (exact) mass is 302 g/mol. The number of carbonyl (C=O) groups excluding carboxylic acids is 1. The number of piperidine rings is 1. The molecule has 0 aliphatic carbocycles.